The van der Waals surface area contributed by atoms with Crippen LogP contribution in [0.5, 0.6) is 0 Å². The number of pyridine rings is 1. The van der Waals surface area contributed by atoms with Gasteiger partial charge in [-0.2, -0.15) is 0 Å². The minimum Gasteiger partial charge on any atom is -0.352 e. The average molecular weight is 411 g/mol. The molecule has 0 bridgehead atoms. The molecule has 1 N–H and O–H groups in total. The largest absolute Gasteiger partial charge is 0.352 e. The van der Waals surface area contributed by atoms with E-state index in [1.165, 1.54) is 12.8 Å². The Morgan fingerprint density at radius 3 is 2.69 bits per heavy atom. The van der Waals surface area contributed by atoms with Crippen LogP contribution in [0, 0.1) is 0 Å². The van der Waals surface area contributed by atoms with E-state index in [4.69, 9.17) is 4.98 Å². The summed E-state index contributed by atoms with van der Waals surface area (Å²) in [6, 6.07) is 17.7. The number of carbonyl (C=O) groups excluding carboxylic acids is 1. The van der Waals surface area contributed by atoms with E-state index in [1.807, 2.05) is 54.6 Å². The quantitative estimate of drug-likeness (QED) is 0.487. The van der Waals surface area contributed by atoms with E-state index in [9.17, 15) is 4.79 Å². The van der Waals surface area contributed by atoms with Crippen LogP contribution in [0.25, 0.3) is 22.2 Å². The molecular weight excluding hydrogens is 388 g/mol. The van der Waals surface area contributed by atoms with Crippen molar-refractivity contribution < 1.29 is 4.79 Å². The molecule has 0 aliphatic rings. The van der Waals surface area contributed by atoms with Crippen molar-refractivity contribution in [3.8, 4) is 11.3 Å². The fraction of sp³-hybridized carbons (Fsp3) is 0.273. The highest BCUT2D eigenvalue weighted by atomic mass is 79.9. The summed E-state index contributed by atoms with van der Waals surface area (Å²) >= 11 is 3.50. The summed E-state index contributed by atoms with van der Waals surface area (Å²) in [7, 11) is 0. The maximum atomic E-state index is 12.8. The number of para-hydroxylation sites is 1. The van der Waals surface area contributed by atoms with E-state index in [-0.39, 0.29) is 5.91 Å². The molecule has 0 radical (unpaired) electrons. The summed E-state index contributed by atoms with van der Waals surface area (Å²) in [6.45, 7) is 2.90. The number of hydrogen-bond acceptors (Lipinski definition) is 2. The summed E-state index contributed by atoms with van der Waals surface area (Å²) in [4.78, 5) is 17.5. The van der Waals surface area contributed by atoms with Gasteiger partial charge in [0, 0.05) is 22.0 Å². The number of fused-ring (bicyclic) bond motifs is 1. The molecular formula is C22H23BrN2O. The second-order valence-electron chi connectivity index (χ2n) is 6.40. The Balaban J connectivity index is 1.91. The van der Waals surface area contributed by atoms with Gasteiger partial charge in [0.05, 0.1) is 16.8 Å². The van der Waals surface area contributed by atoms with Gasteiger partial charge in [-0.25, -0.2) is 4.98 Å². The van der Waals surface area contributed by atoms with E-state index in [0.717, 1.165) is 39.5 Å². The topological polar surface area (TPSA) is 42.0 Å². The van der Waals surface area contributed by atoms with Gasteiger partial charge in [-0.05, 0) is 30.7 Å². The second kappa shape index (κ2) is 8.95. The predicted octanol–water partition coefficient (Wildman–Crippen LogP) is 5.97. The normalized spacial score (nSPS) is 10.8. The predicted molar refractivity (Wildman–Crippen MR) is 111 cm³/mol. The zero-order valence-corrected chi connectivity index (χ0v) is 16.6. The molecule has 0 spiro atoms. The van der Waals surface area contributed by atoms with Crippen molar-refractivity contribution in [2.75, 3.05) is 6.54 Å². The molecule has 0 fully saturated rings. The number of carbonyl (C=O) groups is 1. The van der Waals surface area contributed by atoms with Crippen molar-refractivity contribution in [3.63, 3.8) is 0 Å². The molecule has 0 unspecified atom stereocenters. The van der Waals surface area contributed by atoms with Crippen molar-refractivity contribution in [1.82, 2.24) is 10.3 Å². The average Bonchev–Trinajstić information content (AvgIpc) is 2.66. The van der Waals surface area contributed by atoms with Crippen LogP contribution in [0.2, 0.25) is 0 Å². The molecule has 2 aromatic carbocycles. The molecule has 0 atom stereocenters. The lowest BCUT2D eigenvalue weighted by atomic mass is 10.0. The lowest BCUT2D eigenvalue weighted by Crippen LogP contribution is -2.24. The van der Waals surface area contributed by atoms with E-state index >= 15 is 0 Å². The maximum absolute atomic E-state index is 12.8. The molecule has 26 heavy (non-hydrogen) atoms. The SMILES string of the molecule is CCCCCCNC(=O)c1cc(-c2cccc(Br)c2)nc2ccccc12. The van der Waals surface area contributed by atoms with Crippen molar-refractivity contribution in [1.29, 1.82) is 0 Å². The number of unbranched alkanes of at least 4 members (excludes halogenated alkanes) is 3. The van der Waals surface area contributed by atoms with Gasteiger partial charge in [0.25, 0.3) is 5.91 Å². The lowest BCUT2D eigenvalue weighted by Gasteiger charge is -2.11. The van der Waals surface area contributed by atoms with Crippen LogP contribution in [0.15, 0.2) is 59.1 Å². The molecule has 0 aliphatic heterocycles. The molecule has 0 saturated heterocycles. The minimum absolute atomic E-state index is 0.0312. The highest BCUT2D eigenvalue weighted by molar-refractivity contribution is 9.10. The number of halogens is 1. The third kappa shape index (κ3) is 4.50. The molecule has 0 aliphatic carbocycles. The van der Waals surface area contributed by atoms with Gasteiger partial charge >= 0.3 is 0 Å². The van der Waals surface area contributed by atoms with Gasteiger partial charge in [-0.3, -0.25) is 4.79 Å². The Morgan fingerprint density at radius 1 is 1.04 bits per heavy atom. The summed E-state index contributed by atoms with van der Waals surface area (Å²) in [5, 5.41) is 3.95. The van der Waals surface area contributed by atoms with Crippen molar-refractivity contribution >= 4 is 32.7 Å². The van der Waals surface area contributed by atoms with Crippen LogP contribution in [0.3, 0.4) is 0 Å². The first-order valence-corrected chi connectivity index (χ1v) is 9.92. The molecule has 3 aromatic rings. The molecule has 1 aromatic heterocycles. The number of nitrogens with zero attached hydrogens (tertiary/aromatic N) is 1. The summed E-state index contributed by atoms with van der Waals surface area (Å²) in [5.74, 6) is -0.0312. The molecule has 3 rings (SSSR count). The molecule has 0 saturated carbocycles. The number of aromatic nitrogens is 1. The first-order valence-electron chi connectivity index (χ1n) is 9.13. The zero-order valence-electron chi connectivity index (χ0n) is 15.0. The number of nitrogens with one attached hydrogen (secondary N) is 1. The molecule has 4 heteroatoms. The third-order valence-electron chi connectivity index (χ3n) is 4.40. The van der Waals surface area contributed by atoms with Gasteiger partial charge in [0.1, 0.15) is 0 Å². The Labute approximate surface area is 163 Å². The fourth-order valence-corrected chi connectivity index (χ4v) is 3.41. The standard InChI is InChI=1S/C22H23BrN2O/c1-2-3-4-7-13-24-22(26)19-15-21(16-9-8-10-17(23)14-16)25-20-12-6-5-11-18(19)20/h5-6,8-12,14-15H,2-4,7,13H2,1H3,(H,24,26). The summed E-state index contributed by atoms with van der Waals surface area (Å²) < 4.78 is 0.992. The first kappa shape index (κ1) is 18.6. The number of benzene rings is 2. The van der Waals surface area contributed by atoms with Crippen LogP contribution >= 0.6 is 15.9 Å². The highest BCUT2D eigenvalue weighted by Gasteiger charge is 2.13. The lowest BCUT2D eigenvalue weighted by molar-refractivity contribution is 0.0954. The van der Waals surface area contributed by atoms with E-state index in [2.05, 4.69) is 28.2 Å². The van der Waals surface area contributed by atoms with Gasteiger partial charge in [0.2, 0.25) is 0 Å². The number of rotatable bonds is 7. The van der Waals surface area contributed by atoms with Gasteiger partial charge < -0.3 is 5.32 Å². The second-order valence-corrected chi connectivity index (χ2v) is 7.31. The van der Waals surface area contributed by atoms with Crippen LogP contribution in [0.4, 0.5) is 0 Å². The first-order chi connectivity index (χ1) is 12.7. The van der Waals surface area contributed by atoms with Crippen molar-refractivity contribution in [2.45, 2.75) is 32.6 Å². The van der Waals surface area contributed by atoms with Gasteiger partial charge in [-0.15, -0.1) is 0 Å². The molecule has 3 nitrogen and oxygen atoms in total. The fourth-order valence-electron chi connectivity index (χ4n) is 3.01. The summed E-state index contributed by atoms with van der Waals surface area (Å²) in [5.41, 5.74) is 3.31. The summed E-state index contributed by atoms with van der Waals surface area (Å²) in [6.07, 6.45) is 4.57. The van der Waals surface area contributed by atoms with Crippen LogP contribution in [0.1, 0.15) is 43.0 Å². The highest BCUT2D eigenvalue weighted by Crippen LogP contribution is 2.26. The molecule has 134 valence electrons. The maximum Gasteiger partial charge on any atom is 0.252 e. The third-order valence-corrected chi connectivity index (χ3v) is 4.89. The van der Waals surface area contributed by atoms with E-state index < -0.39 is 0 Å². The van der Waals surface area contributed by atoms with Crippen molar-refractivity contribution in [2.24, 2.45) is 0 Å². The van der Waals surface area contributed by atoms with Crippen LogP contribution < -0.4 is 5.32 Å². The molecule has 1 heterocycles. The van der Waals surface area contributed by atoms with Crippen LogP contribution in [-0.4, -0.2) is 17.4 Å². The zero-order chi connectivity index (χ0) is 18.4. The van der Waals surface area contributed by atoms with Gasteiger partial charge in [-0.1, -0.05) is 72.4 Å². The molecule has 1 amide bonds. The van der Waals surface area contributed by atoms with E-state index in [0.29, 0.717) is 12.1 Å². The number of amides is 1. The Kier molecular flexibility index (Phi) is 6.40. The monoisotopic (exact) mass is 410 g/mol. The van der Waals surface area contributed by atoms with E-state index in [1.54, 1.807) is 0 Å². The van der Waals surface area contributed by atoms with Crippen LogP contribution in [-0.2, 0) is 0 Å². The Hall–Kier alpha value is -2.20. The minimum atomic E-state index is -0.0312. The van der Waals surface area contributed by atoms with Crippen molar-refractivity contribution in [3.05, 3.63) is 64.6 Å². The van der Waals surface area contributed by atoms with Gasteiger partial charge in [0.15, 0.2) is 0 Å². The Morgan fingerprint density at radius 2 is 1.88 bits per heavy atom. The smallest absolute Gasteiger partial charge is 0.252 e. The number of hydrogen-bond donors (Lipinski definition) is 1. The Bertz CT molecular complexity index is 908.